The molecule has 2 N–H and O–H groups in total. The molecule has 0 amide bonds. The average Bonchev–Trinajstić information content (AvgIpc) is 2.47. The van der Waals surface area contributed by atoms with Crippen LogP contribution in [0.25, 0.3) is 0 Å². The van der Waals surface area contributed by atoms with Crippen LogP contribution in [0.3, 0.4) is 0 Å². The molecule has 0 bridgehead atoms. The molecule has 0 aliphatic rings. The number of hydrogen-bond donors (Lipinski definition) is 1. The standard InChI is InChI=1S/C14H13N3O2S/c1-17(13-8-6-12(16)7-9-13)20(18,19)14-5-3-2-4-11(14)10-15/h2-9H,16H2,1H3. The minimum atomic E-state index is -3.78. The Balaban J connectivity index is 2.50. The van der Waals surface area contributed by atoms with Crippen molar-refractivity contribution < 1.29 is 8.42 Å². The van der Waals surface area contributed by atoms with Gasteiger partial charge in [-0.3, -0.25) is 4.31 Å². The fraction of sp³-hybridized carbons (Fsp3) is 0.0714. The molecule has 2 aromatic rings. The molecule has 0 saturated carbocycles. The Labute approximate surface area is 117 Å². The van der Waals surface area contributed by atoms with Gasteiger partial charge in [0.2, 0.25) is 0 Å². The lowest BCUT2D eigenvalue weighted by Crippen LogP contribution is -2.27. The van der Waals surface area contributed by atoms with E-state index in [1.54, 1.807) is 36.4 Å². The molecule has 0 fully saturated rings. The lowest BCUT2D eigenvalue weighted by Gasteiger charge is -2.20. The lowest BCUT2D eigenvalue weighted by molar-refractivity contribution is 0.594. The first kappa shape index (κ1) is 13.9. The summed E-state index contributed by atoms with van der Waals surface area (Å²) in [6.45, 7) is 0. The second-order valence-electron chi connectivity index (χ2n) is 4.17. The third-order valence-electron chi connectivity index (χ3n) is 2.90. The Hall–Kier alpha value is -2.52. The quantitative estimate of drug-likeness (QED) is 0.874. The van der Waals surface area contributed by atoms with Crippen LogP contribution < -0.4 is 10.0 Å². The van der Waals surface area contributed by atoms with Crippen LogP contribution in [0, 0.1) is 11.3 Å². The molecule has 0 radical (unpaired) electrons. The SMILES string of the molecule is CN(c1ccc(N)cc1)S(=O)(=O)c1ccccc1C#N. The molecule has 0 heterocycles. The Bertz CT molecular complexity index is 762. The fourth-order valence-corrected chi connectivity index (χ4v) is 3.09. The summed E-state index contributed by atoms with van der Waals surface area (Å²) in [6, 6.07) is 14.5. The summed E-state index contributed by atoms with van der Waals surface area (Å²) >= 11 is 0. The smallest absolute Gasteiger partial charge is 0.265 e. The van der Waals surface area contributed by atoms with Gasteiger partial charge in [0.25, 0.3) is 10.0 Å². The van der Waals surface area contributed by atoms with E-state index in [0.717, 1.165) is 4.31 Å². The number of rotatable bonds is 3. The molecule has 5 nitrogen and oxygen atoms in total. The first-order valence-corrected chi connectivity index (χ1v) is 7.24. The number of nitrogens with two attached hydrogens (primary N) is 1. The Kier molecular flexibility index (Phi) is 3.63. The number of nitriles is 1. The van der Waals surface area contributed by atoms with Crippen LogP contribution in [-0.4, -0.2) is 15.5 Å². The maximum absolute atomic E-state index is 12.5. The summed E-state index contributed by atoms with van der Waals surface area (Å²) < 4.78 is 26.2. The van der Waals surface area contributed by atoms with E-state index in [1.807, 2.05) is 6.07 Å². The van der Waals surface area contributed by atoms with Crippen LogP contribution in [0.1, 0.15) is 5.56 Å². The molecule has 2 rings (SSSR count). The Morgan fingerprint density at radius 1 is 1.10 bits per heavy atom. The van der Waals surface area contributed by atoms with Gasteiger partial charge in [0.15, 0.2) is 0 Å². The van der Waals surface area contributed by atoms with Gasteiger partial charge in [-0.2, -0.15) is 5.26 Å². The van der Waals surface area contributed by atoms with Gasteiger partial charge in [-0.05, 0) is 36.4 Å². The Morgan fingerprint density at radius 2 is 1.70 bits per heavy atom. The molecule has 0 atom stereocenters. The molecule has 0 unspecified atom stereocenters. The van der Waals surface area contributed by atoms with Gasteiger partial charge in [0.05, 0.1) is 11.3 Å². The van der Waals surface area contributed by atoms with E-state index in [1.165, 1.54) is 19.2 Å². The second-order valence-corrected chi connectivity index (χ2v) is 6.11. The molecule has 0 aromatic heterocycles. The van der Waals surface area contributed by atoms with Gasteiger partial charge >= 0.3 is 0 Å². The first-order chi connectivity index (χ1) is 9.46. The van der Waals surface area contributed by atoms with Crippen molar-refractivity contribution >= 4 is 21.4 Å². The predicted molar refractivity (Wildman–Crippen MR) is 77.6 cm³/mol. The highest BCUT2D eigenvalue weighted by atomic mass is 32.2. The molecule has 0 saturated heterocycles. The number of sulfonamides is 1. The Morgan fingerprint density at radius 3 is 2.30 bits per heavy atom. The number of hydrogen-bond acceptors (Lipinski definition) is 4. The summed E-state index contributed by atoms with van der Waals surface area (Å²) in [4.78, 5) is -0.0122. The first-order valence-electron chi connectivity index (χ1n) is 5.80. The van der Waals surface area contributed by atoms with Crippen molar-refractivity contribution in [2.45, 2.75) is 4.90 Å². The monoisotopic (exact) mass is 287 g/mol. The summed E-state index contributed by atoms with van der Waals surface area (Å²) in [5.41, 5.74) is 6.73. The largest absolute Gasteiger partial charge is 0.399 e. The summed E-state index contributed by atoms with van der Waals surface area (Å²) in [5, 5.41) is 9.02. The lowest BCUT2D eigenvalue weighted by atomic mass is 10.2. The van der Waals surface area contributed by atoms with Gasteiger partial charge in [-0.1, -0.05) is 12.1 Å². The normalized spacial score (nSPS) is 10.8. The third-order valence-corrected chi connectivity index (χ3v) is 4.75. The van der Waals surface area contributed by atoms with Crippen LogP contribution in [0.4, 0.5) is 11.4 Å². The highest BCUT2D eigenvalue weighted by Gasteiger charge is 2.24. The maximum atomic E-state index is 12.5. The molecule has 6 heteroatoms. The number of nitrogen functional groups attached to an aromatic ring is 1. The van der Waals surface area contributed by atoms with E-state index in [4.69, 9.17) is 11.0 Å². The zero-order chi connectivity index (χ0) is 14.8. The van der Waals surface area contributed by atoms with E-state index < -0.39 is 10.0 Å². The molecular formula is C14H13N3O2S. The van der Waals surface area contributed by atoms with Gasteiger partial charge in [0.1, 0.15) is 11.0 Å². The van der Waals surface area contributed by atoms with Crippen molar-refractivity contribution in [2.75, 3.05) is 17.1 Å². The van der Waals surface area contributed by atoms with Gasteiger partial charge in [0, 0.05) is 12.7 Å². The van der Waals surface area contributed by atoms with Crippen LogP contribution in [-0.2, 0) is 10.0 Å². The van der Waals surface area contributed by atoms with E-state index >= 15 is 0 Å². The fourth-order valence-electron chi connectivity index (χ4n) is 1.75. The van der Waals surface area contributed by atoms with Gasteiger partial charge < -0.3 is 5.73 Å². The second kappa shape index (κ2) is 5.23. The molecule has 20 heavy (non-hydrogen) atoms. The van der Waals surface area contributed by atoms with Crippen molar-refractivity contribution in [3.05, 3.63) is 54.1 Å². The summed E-state index contributed by atoms with van der Waals surface area (Å²) in [7, 11) is -2.34. The van der Waals surface area contributed by atoms with Crippen LogP contribution in [0.5, 0.6) is 0 Å². The molecular weight excluding hydrogens is 274 g/mol. The van der Waals surface area contributed by atoms with Crippen molar-refractivity contribution in [1.82, 2.24) is 0 Å². The van der Waals surface area contributed by atoms with Crippen molar-refractivity contribution in [2.24, 2.45) is 0 Å². The van der Waals surface area contributed by atoms with Crippen LogP contribution in [0.2, 0.25) is 0 Å². The number of nitrogens with zero attached hydrogens (tertiary/aromatic N) is 2. The molecule has 0 spiro atoms. The zero-order valence-corrected chi connectivity index (χ0v) is 11.6. The van der Waals surface area contributed by atoms with Crippen molar-refractivity contribution in [3.63, 3.8) is 0 Å². The van der Waals surface area contributed by atoms with Gasteiger partial charge in [-0.25, -0.2) is 8.42 Å². The highest BCUT2D eigenvalue weighted by Crippen LogP contribution is 2.24. The minimum absolute atomic E-state index is 0.0122. The van der Waals surface area contributed by atoms with Crippen LogP contribution in [0.15, 0.2) is 53.4 Å². The predicted octanol–water partition coefficient (Wildman–Crippen LogP) is 1.97. The van der Waals surface area contributed by atoms with E-state index in [-0.39, 0.29) is 10.5 Å². The third kappa shape index (κ3) is 2.44. The van der Waals surface area contributed by atoms with Crippen molar-refractivity contribution in [1.29, 1.82) is 5.26 Å². The maximum Gasteiger partial charge on any atom is 0.265 e. The van der Waals surface area contributed by atoms with E-state index in [9.17, 15) is 8.42 Å². The van der Waals surface area contributed by atoms with Crippen molar-refractivity contribution in [3.8, 4) is 6.07 Å². The number of anilines is 2. The summed E-state index contributed by atoms with van der Waals surface area (Å²) in [6.07, 6.45) is 0. The topological polar surface area (TPSA) is 87.2 Å². The molecule has 0 aliphatic heterocycles. The zero-order valence-electron chi connectivity index (χ0n) is 10.8. The van der Waals surface area contributed by atoms with E-state index in [2.05, 4.69) is 0 Å². The molecule has 0 aliphatic carbocycles. The number of benzene rings is 2. The average molecular weight is 287 g/mol. The van der Waals surface area contributed by atoms with Gasteiger partial charge in [-0.15, -0.1) is 0 Å². The summed E-state index contributed by atoms with van der Waals surface area (Å²) in [5.74, 6) is 0. The minimum Gasteiger partial charge on any atom is -0.399 e. The van der Waals surface area contributed by atoms with E-state index in [0.29, 0.717) is 11.4 Å². The molecule has 102 valence electrons. The highest BCUT2D eigenvalue weighted by molar-refractivity contribution is 7.92. The molecule has 2 aromatic carbocycles. The van der Waals surface area contributed by atoms with Crippen LogP contribution >= 0.6 is 0 Å².